The second kappa shape index (κ2) is 7.96. The molecule has 1 unspecified atom stereocenters. The molecule has 1 aromatic rings. The van der Waals surface area contributed by atoms with Gasteiger partial charge >= 0.3 is 5.97 Å². The summed E-state index contributed by atoms with van der Waals surface area (Å²) >= 11 is 5.81. The van der Waals surface area contributed by atoms with Crippen LogP contribution in [0.15, 0.2) is 6.33 Å². The first kappa shape index (κ1) is 17.3. The molecule has 23 heavy (non-hydrogen) atoms. The number of nitrogen functional groups attached to an aromatic ring is 1. The van der Waals surface area contributed by atoms with Crippen LogP contribution in [0.1, 0.15) is 32.6 Å². The Bertz CT molecular complexity index is 578. The van der Waals surface area contributed by atoms with Gasteiger partial charge in [-0.25, -0.2) is 14.8 Å². The van der Waals surface area contributed by atoms with Crippen LogP contribution in [0.5, 0.6) is 0 Å². The summed E-state index contributed by atoms with van der Waals surface area (Å²) in [7, 11) is 0. The fourth-order valence-electron chi connectivity index (χ4n) is 2.40. The zero-order chi connectivity index (χ0) is 16.8. The zero-order valence-corrected chi connectivity index (χ0v) is 13.6. The van der Waals surface area contributed by atoms with E-state index in [0.717, 1.165) is 25.7 Å². The van der Waals surface area contributed by atoms with Crippen LogP contribution in [0, 0.1) is 0 Å². The summed E-state index contributed by atoms with van der Waals surface area (Å²) in [6, 6.07) is -0.832. The summed E-state index contributed by atoms with van der Waals surface area (Å²) in [6.07, 6.45) is 5.01. The summed E-state index contributed by atoms with van der Waals surface area (Å²) < 4.78 is 5.43. The molecule has 0 spiro atoms. The lowest BCUT2D eigenvalue weighted by Gasteiger charge is -2.20. The smallest absolute Gasteiger partial charge is 0.330 e. The Morgan fingerprint density at radius 2 is 2.13 bits per heavy atom. The molecule has 0 bridgehead atoms. The van der Waals surface area contributed by atoms with E-state index < -0.39 is 12.0 Å². The van der Waals surface area contributed by atoms with Gasteiger partial charge < -0.3 is 21.1 Å². The van der Waals surface area contributed by atoms with Gasteiger partial charge in [-0.1, -0.05) is 11.6 Å². The van der Waals surface area contributed by atoms with Crippen molar-refractivity contribution in [2.75, 3.05) is 17.6 Å². The number of hydrogen-bond donors (Lipinski definition) is 3. The number of nitrogens with one attached hydrogen (secondary N) is 2. The number of halogens is 1. The Balaban J connectivity index is 1.98. The molecule has 8 nitrogen and oxygen atoms in total. The Hall–Kier alpha value is -2.09. The first-order chi connectivity index (χ1) is 11.0. The quantitative estimate of drug-likeness (QED) is 0.523. The number of carbonyl (C=O) groups excluding carboxylic acids is 2. The standard InChI is InChI=1S/C14H20ClN5O3/c1-8(21)20-10(14(22)23-9-4-2-3-5-9)6-17-13-11(16)12(15)18-7-19-13/h7,9-10H,2-6,16H2,1H3,(H,20,21)(H,17,18,19). The van der Waals surface area contributed by atoms with Gasteiger partial charge in [0.25, 0.3) is 0 Å². The Morgan fingerprint density at radius 3 is 2.78 bits per heavy atom. The molecule has 1 amide bonds. The van der Waals surface area contributed by atoms with Gasteiger partial charge in [-0.3, -0.25) is 4.79 Å². The van der Waals surface area contributed by atoms with Crippen LogP contribution in [0.3, 0.4) is 0 Å². The van der Waals surface area contributed by atoms with Crippen molar-refractivity contribution >= 4 is 35.0 Å². The first-order valence-corrected chi connectivity index (χ1v) is 7.82. The van der Waals surface area contributed by atoms with Gasteiger partial charge in [-0.2, -0.15) is 0 Å². The van der Waals surface area contributed by atoms with Crippen LogP contribution in [0.2, 0.25) is 5.15 Å². The molecule has 4 N–H and O–H groups in total. The van der Waals surface area contributed by atoms with Crippen LogP contribution in [-0.2, 0) is 14.3 Å². The summed E-state index contributed by atoms with van der Waals surface area (Å²) in [4.78, 5) is 31.3. The van der Waals surface area contributed by atoms with Crippen molar-refractivity contribution in [1.82, 2.24) is 15.3 Å². The number of carbonyl (C=O) groups is 2. The maximum absolute atomic E-state index is 12.2. The minimum atomic E-state index is -0.832. The second-order valence-electron chi connectivity index (χ2n) is 5.40. The molecular weight excluding hydrogens is 322 g/mol. The maximum Gasteiger partial charge on any atom is 0.330 e. The van der Waals surface area contributed by atoms with Gasteiger partial charge in [0.05, 0.1) is 0 Å². The number of amides is 1. The van der Waals surface area contributed by atoms with Crippen molar-refractivity contribution in [3.63, 3.8) is 0 Å². The molecule has 1 atom stereocenters. The van der Waals surface area contributed by atoms with E-state index in [1.54, 1.807) is 0 Å². The summed E-state index contributed by atoms with van der Waals surface area (Å²) in [6.45, 7) is 1.43. The van der Waals surface area contributed by atoms with Crippen molar-refractivity contribution < 1.29 is 14.3 Å². The Kier molecular flexibility index (Phi) is 5.97. The van der Waals surface area contributed by atoms with E-state index in [1.165, 1.54) is 13.3 Å². The maximum atomic E-state index is 12.2. The van der Waals surface area contributed by atoms with E-state index in [9.17, 15) is 9.59 Å². The highest BCUT2D eigenvalue weighted by molar-refractivity contribution is 6.32. The summed E-state index contributed by atoms with van der Waals surface area (Å²) in [5, 5.41) is 5.57. The van der Waals surface area contributed by atoms with Gasteiger partial charge in [-0.05, 0) is 25.7 Å². The molecule has 1 fully saturated rings. The molecule has 0 saturated heterocycles. The number of aromatic nitrogens is 2. The predicted molar refractivity (Wildman–Crippen MR) is 85.9 cm³/mol. The first-order valence-electron chi connectivity index (χ1n) is 7.44. The van der Waals surface area contributed by atoms with E-state index in [2.05, 4.69) is 20.6 Å². The summed E-state index contributed by atoms with van der Waals surface area (Å²) in [5.74, 6) is -0.499. The third-order valence-corrected chi connectivity index (χ3v) is 3.86. The average molecular weight is 342 g/mol. The van der Waals surface area contributed by atoms with Gasteiger partial charge in [0.1, 0.15) is 24.2 Å². The molecule has 1 aliphatic carbocycles. The third-order valence-electron chi connectivity index (χ3n) is 3.56. The number of esters is 1. The molecule has 0 aliphatic heterocycles. The molecule has 2 rings (SSSR count). The Morgan fingerprint density at radius 1 is 1.43 bits per heavy atom. The van der Waals surface area contributed by atoms with Crippen LogP contribution < -0.4 is 16.4 Å². The zero-order valence-electron chi connectivity index (χ0n) is 12.8. The molecule has 0 aromatic carbocycles. The summed E-state index contributed by atoms with van der Waals surface area (Å²) in [5.41, 5.74) is 5.94. The van der Waals surface area contributed by atoms with E-state index in [0.29, 0.717) is 5.82 Å². The molecular formula is C14H20ClN5O3. The highest BCUT2D eigenvalue weighted by Crippen LogP contribution is 2.23. The van der Waals surface area contributed by atoms with Crippen molar-refractivity contribution in [2.45, 2.75) is 44.8 Å². The van der Waals surface area contributed by atoms with Crippen LogP contribution in [0.25, 0.3) is 0 Å². The number of nitrogens with two attached hydrogens (primary N) is 1. The minimum Gasteiger partial charge on any atom is -0.461 e. The SMILES string of the molecule is CC(=O)NC(CNc1ncnc(Cl)c1N)C(=O)OC1CCCC1. The lowest BCUT2D eigenvalue weighted by molar-refractivity contribution is -0.152. The monoisotopic (exact) mass is 341 g/mol. The molecule has 0 radical (unpaired) electrons. The molecule has 1 aliphatic rings. The fourth-order valence-corrected chi connectivity index (χ4v) is 2.54. The van der Waals surface area contributed by atoms with Gasteiger partial charge in [-0.15, -0.1) is 0 Å². The van der Waals surface area contributed by atoms with Crippen LogP contribution in [-0.4, -0.2) is 40.5 Å². The van der Waals surface area contributed by atoms with E-state index >= 15 is 0 Å². The van der Waals surface area contributed by atoms with Gasteiger partial charge in [0, 0.05) is 13.5 Å². The number of nitrogens with zero attached hydrogens (tertiary/aromatic N) is 2. The molecule has 9 heteroatoms. The van der Waals surface area contributed by atoms with Gasteiger partial charge in [0.2, 0.25) is 5.91 Å². The molecule has 1 saturated carbocycles. The van der Waals surface area contributed by atoms with Crippen molar-refractivity contribution in [1.29, 1.82) is 0 Å². The number of anilines is 2. The Labute approximate surface area is 139 Å². The third kappa shape index (κ3) is 4.95. The fraction of sp³-hybridized carbons (Fsp3) is 0.571. The van der Waals surface area contributed by atoms with E-state index in [-0.39, 0.29) is 29.4 Å². The largest absolute Gasteiger partial charge is 0.461 e. The van der Waals surface area contributed by atoms with Crippen molar-refractivity contribution in [3.05, 3.63) is 11.5 Å². The minimum absolute atomic E-state index is 0.0719. The highest BCUT2D eigenvalue weighted by Gasteiger charge is 2.26. The predicted octanol–water partition coefficient (Wildman–Crippen LogP) is 1.11. The van der Waals surface area contributed by atoms with Crippen molar-refractivity contribution in [2.24, 2.45) is 0 Å². The normalized spacial score (nSPS) is 15.9. The topological polar surface area (TPSA) is 119 Å². The lowest BCUT2D eigenvalue weighted by Crippen LogP contribution is -2.46. The van der Waals surface area contributed by atoms with Crippen LogP contribution in [0.4, 0.5) is 11.5 Å². The lowest BCUT2D eigenvalue weighted by atomic mass is 10.2. The second-order valence-corrected chi connectivity index (χ2v) is 5.76. The van der Waals surface area contributed by atoms with E-state index in [4.69, 9.17) is 22.1 Å². The molecule has 126 valence electrons. The number of hydrogen-bond acceptors (Lipinski definition) is 7. The van der Waals surface area contributed by atoms with Gasteiger partial charge in [0.15, 0.2) is 11.0 Å². The average Bonchev–Trinajstić information content (AvgIpc) is 2.99. The van der Waals surface area contributed by atoms with E-state index in [1.807, 2.05) is 0 Å². The highest BCUT2D eigenvalue weighted by atomic mass is 35.5. The van der Waals surface area contributed by atoms with Crippen molar-refractivity contribution in [3.8, 4) is 0 Å². The molecule has 1 heterocycles. The van der Waals surface area contributed by atoms with Crippen LogP contribution >= 0.6 is 11.6 Å². The number of rotatable bonds is 6. The molecule has 1 aromatic heterocycles. The number of ether oxygens (including phenoxy) is 1.